The fraction of sp³-hybridized carbons (Fsp3) is 0.400. The van der Waals surface area contributed by atoms with Gasteiger partial charge in [0.25, 0.3) is 5.91 Å². The van der Waals surface area contributed by atoms with Crippen molar-refractivity contribution in [1.29, 1.82) is 0 Å². The lowest BCUT2D eigenvalue weighted by Crippen LogP contribution is -2.64. The van der Waals surface area contributed by atoms with Crippen molar-refractivity contribution in [1.82, 2.24) is 14.5 Å². The first-order chi connectivity index (χ1) is 17.8. The van der Waals surface area contributed by atoms with Crippen molar-refractivity contribution in [2.24, 2.45) is 0 Å². The molecule has 2 aliphatic rings. The predicted octanol–water partition coefficient (Wildman–Crippen LogP) is 3.91. The molecule has 1 amide bonds. The van der Waals surface area contributed by atoms with Crippen LogP contribution < -0.4 is 10.4 Å². The van der Waals surface area contributed by atoms with Gasteiger partial charge < -0.3 is 14.9 Å². The lowest BCUT2D eigenvalue weighted by atomic mass is 9.92. The van der Waals surface area contributed by atoms with Gasteiger partial charge in [-0.25, -0.2) is 0 Å². The summed E-state index contributed by atoms with van der Waals surface area (Å²) in [4.78, 5) is 30.4. The zero-order chi connectivity index (χ0) is 26.3. The summed E-state index contributed by atoms with van der Waals surface area (Å²) >= 11 is 0. The number of carbonyl (C=O) groups excluding carboxylic acids is 1. The van der Waals surface area contributed by atoms with Gasteiger partial charge in [-0.2, -0.15) is 0 Å². The first-order valence-electron chi connectivity index (χ1n) is 13.2. The largest absolute Gasteiger partial charge is 0.502 e. The van der Waals surface area contributed by atoms with E-state index in [0.29, 0.717) is 0 Å². The summed E-state index contributed by atoms with van der Waals surface area (Å²) < 4.78 is 1.75. The molecule has 1 N–H and O–H groups in total. The van der Waals surface area contributed by atoms with E-state index in [1.54, 1.807) is 10.9 Å². The molecule has 1 atom stereocenters. The minimum Gasteiger partial charge on any atom is -0.502 e. The van der Waals surface area contributed by atoms with Gasteiger partial charge in [0.2, 0.25) is 5.43 Å². The van der Waals surface area contributed by atoms with E-state index in [1.165, 1.54) is 28.3 Å². The number of benzene rings is 2. The number of pyridine rings is 1. The number of carbonyl (C=O) groups is 1. The van der Waals surface area contributed by atoms with Crippen LogP contribution >= 0.6 is 0 Å². The summed E-state index contributed by atoms with van der Waals surface area (Å²) in [6.07, 6.45) is 4.88. The third-order valence-electron chi connectivity index (χ3n) is 7.62. The SMILES string of the molecule is CC(C)N1C(=O)c2c(O)c(=O)ccn2N(C2c3ccccc3CCc3ccccc32)C1CCCN(C)C. The van der Waals surface area contributed by atoms with Gasteiger partial charge in [-0.1, -0.05) is 48.5 Å². The van der Waals surface area contributed by atoms with Crippen LogP contribution in [0, 0.1) is 0 Å². The van der Waals surface area contributed by atoms with Gasteiger partial charge >= 0.3 is 0 Å². The minimum atomic E-state index is -0.545. The Bertz CT molecular complexity index is 1320. The monoisotopic (exact) mass is 500 g/mol. The highest BCUT2D eigenvalue weighted by molar-refractivity contribution is 5.96. The van der Waals surface area contributed by atoms with Gasteiger partial charge in [-0.15, -0.1) is 0 Å². The van der Waals surface area contributed by atoms with Crippen molar-refractivity contribution >= 4 is 5.91 Å². The molecule has 7 heteroatoms. The lowest BCUT2D eigenvalue weighted by molar-refractivity contribution is 0.0441. The first-order valence-corrected chi connectivity index (χ1v) is 13.2. The Morgan fingerprint density at radius 3 is 2.11 bits per heavy atom. The van der Waals surface area contributed by atoms with Gasteiger partial charge in [0.05, 0.1) is 6.04 Å². The third kappa shape index (κ3) is 4.42. The Morgan fingerprint density at radius 1 is 0.946 bits per heavy atom. The maximum atomic E-state index is 13.9. The molecule has 0 saturated carbocycles. The van der Waals surface area contributed by atoms with Crippen LogP contribution in [0.3, 0.4) is 0 Å². The average Bonchev–Trinajstić information content (AvgIpc) is 3.03. The second-order valence-corrected chi connectivity index (χ2v) is 10.6. The van der Waals surface area contributed by atoms with Crippen molar-refractivity contribution in [3.63, 3.8) is 0 Å². The van der Waals surface area contributed by atoms with E-state index in [2.05, 4.69) is 72.5 Å². The molecule has 1 aliphatic carbocycles. The predicted molar refractivity (Wildman–Crippen MR) is 146 cm³/mol. The molecular formula is C30H36N4O3. The van der Waals surface area contributed by atoms with Crippen LogP contribution in [0.15, 0.2) is 65.6 Å². The molecule has 1 aromatic heterocycles. The molecule has 1 aliphatic heterocycles. The topological polar surface area (TPSA) is 69.0 Å². The number of nitrogens with zero attached hydrogens (tertiary/aromatic N) is 4. The molecular weight excluding hydrogens is 464 g/mol. The van der Waals surface area contributed by atoms with Crippen LogP contribution in [0.1, 0.15) is 65.5 Å². The highest BCUT2D eigenvalue weighted by Crippen LogP contribution is 2.41. The molecule has 0 radical (unpaired) electrons. The third-order valence-corrected chi connectivity index (χ3v) is 7.62. The van der Waals surface area contributed by atoms with E-state index < -0.39 is 11.2 Å². The Morgan fingerprint density at radius 2 is 1.54 bits per heavy atom. The van der Waals surface area contributed by atoms with E-state index in [4.69, 9.17) is 0 Å². The van der Waals surface area contributed by atoms with Gasteiger partial charge in [-0.3, -0.25) is 19.3 Å². The van der Waals surface area contributed by atoms with Crippen LogP contribution in [-0.4, -0.2) is 58.3 Å². The maximum absolute atomic E-state index is 13.9. The highest BCUT2D eigenvalue weighted by atomic mass is 16.3. The lowest BCUT2D eigenvalue weighted by Gasteiger charge is -2.51. The second-order valence-electron chi connectivity index (χ2n) is 10.6. The van der Waals surface area contributed by atoms with E-state index in [0.717, 1.165) is 32.2 Å². The average molecular weight is 501 g/mol. The summed E-state index contributed by atoms with van der Waals surface area (Å²) in [5.74, 6) is -0.809. The molecule has 0 fully saturated rings. The van der Waals surface area contributed by atoms with Crippen LogP contribution in [0.5, 0.6) is 5.75 Å². The normalized spacial score (nSPS) is 17.6. The molecule has 0 bridgehead atoms. The number of fused-ring (bicyclic) bond motifs is 3. The summed E-state index contributed by atoms with van der Waals surface area (Å²) in [7, 11) is 4.11. The Labute approximate surface area is 218 Å². The molecule has 0 spiro atoms. The Hall–Kier alpha value is -3.58. The zero-order valence-corrected chi connectivity index (χ0v) is 22.1. The smallest absolute Gasteiger partial charge is 0.278 e. The number of amides is 1. The van der Waals surface area contributed by atoms with Crippen LogP contribution in [-0.2, 0) is 12.8 Å². The van der Waals surface area contributed by atoms with E-state index in [-0.39, 0.29) is 29.9 Å². The molecule has 2 aromatic carbocycles. The standard InChI is InChI=1S/C30H36N4O3/c1-20(2)33-26(14-9-18-31(3)4)34(32-19-17-25(35)29(36)28(32)30(33)37)27-23-12-7-5-10-21(23)15-16-22-11-6-8-13-24(22)27/h5-8,10-13,17,19-20,26-27,36H,9,14-16,18H2,1-4H3. The fourth-order valence-electron chi connectivity index (χ4n) is 5.95. The Balaban J connectivity index is 1.79. The molecule has 2 heterocycles. The van der Waals surface area contributed by atoms with E-state index in [1.807, 2.05) is 18.7 Å². The number of hydrogen-bond acceptors (Lipinski definition) is 5. The molecule has 1 unspecified atom stereocenters. The van der Waals surface area contributed by atoms with Crippen molar-refractivity contribution < 1.29 is 9.90 Å². The van der Waals surface area contributed by atoms with E-state index >= 15 is 0 Å². The van der Waals surface area contributed by atoms with Crippen molar-refractivity contribution in [2.75, 3.05) is 25.6 Å². The summed E-state index contributed by atoms with van der Waals surface area (Å²) in [6, 6.07) is 18.1. The summed E-state index contributed by atoms with van der Waals surface area (Å²) in [5.41, 5.74) is 4.41. The number of rotatable bonds is 6. The number of aryl methyl sites for hydroxylation is 2. The van der Waals surface area contributed by atoms with Gasteiger partial charge in [0.1, 0.15) is 6.17 Å². The summed E-state index contributed by atoms with van der Waals surface area (Å²) in [6.45, 7) is 4.89. The number of aromatic nitrogens is 1. The van der Waals surface area contributed by atoms with Crippen LogP contribution in [0.2, 0.25) is 0 Å². The number of aromatic hydroxyl groups is 1. The highest BCUT2D eigenvalue weighted by Gasteiger charge is 2.45. The van der Waals surface area contributed by atoms with Crippen LogP contribution in [0.4, 0.5) is 0 Å². The quantitative estimate of drug-likeness (QED) is 0.556. The summed E-state index contributed by atoms with van der Waals surface area (Å²) in [5, 5.41) is 13.1. The molecule has 3 aromatic rings. The molecule has 7 nitrogen and oxygen atoms in total. The molecule has 0 saturated heterocycles. The van der Waals surface area contributed by atoms with Crippen molar-refractivity contribution in [3.05, 3.63) is 99.0 Å². The fourth-order valence-corrected chi connectivity index (χ4v) is 5.95. The van der Waals surface area contributed by atoms with Gasteiger partial charge in [-0.05, 0) is 82.4 Å². The Kier molecular flexibility index (Phi) is 6.82. The minimum absolute atomic E-state index is 0.0317. The molecule has 194 valence electrons. The number of hydrogen-bond donors (Lipinski definition) is 1. The van der Waals surface area contributed by atoms with Gasteiger partial charge in [0, 0.05) is 18.3 Å². The zero-order valence-electron chi connectivity index (χ0n) is 22.1. The van der Waals surface area contributed by atoms with E-state index in [9.17, 15) is 14.7 Å². The molecule has 37 heavy (non-hydrogen) atoms. The van der Waals surface area contributed by atoms with Crippen LogP contribution in [0.25, 0.3) is 0 Å². The van der Waals surface area contributed by atoms with Crippen molar-refractivity contribution in [3.8, 4) is 5.75 Å². The molecule has 5 rings (SSSR count). The second kappa shape index (κ2) is 10.1. The van der Waals surface area contributed by atoms with Gasteiger partial charge in [0.15, 0.2) is 11.4 Å². The first kappa shape index (κ1) is 25.1. The maximum Gasteiger partial charge on any atom is 0.278 e. The van der Waals surface area contributed by atoms with Crippen molar-refractivity contribution in [2.45, 2.75) is 57.8 Å².